The van der Waals surface area contributed by atoms with Crippen molar-refractivity contribution in [3.05, 3.63) is 59.7 Å². The third kappa shape index (κ3) is 12.2. The maximum atomic E-state index is 13.4. The monoisotopic (exact) mass is 670 g/mol. The molecular weight excluding hydrogens is 624 g/mol. The van der Waals surface area contributed by atoms with E-state index in [4.69, 9.17) is 29.8 Å². The predicted octanol–water partition coefficient (Wildman–Crippen LogP) is 1.94. The number of ether oxygens (including phenoxy) is 4. The number of hydrogen-bond donors (Lipinski definition) is 5. The van der Waals surface area contributed by atoms with Crippen LogP contribution in [0.15, 0.2) is 48.5 Å². The predicted molar refractivity (Wildman–Crippen MR) is 175 cm³/mol. The molecule has 0 fully saturated rings. The van der Waals surface area contributed by atoms with Crippen molar-refractivity contribution < 1.29 is 48.0 Å². The van der Waals surface area contributed by atoms with E-state index in [1.54, 1.807) is 20.8 Å². The van der Waals surface area contributed by atoms with Crippen LogP contribution in [-0.4, -0.2) is 99.3 Å². The molecule has 1 aliphatic rings. The number of hydrogen-bond acceptors (Lipinski definition) is 10. The fourth-order valence-electron chi connectivity index (χ4n) is 5.04. The van der Waals surface area contributed by atoms with Crippen LogP contribution in [0.3, 0.4) is 0 Å². The second kappa shape index (κ2) is 18.7. The number of amides is 3. The lowest BCUT2D eigenvalue weighted by Crippen LogP contribution is -2.46. The minimum Gasteiger partial charge on any atom is -0.480 e. The number of nitrogens with one attached hydrogen (secondary N) is 3. The average molecular weight is 671 g/mol. The zero-order valence-corrected chi connectivity index (χ0v) is 27.6. The van der Waals surface area contributed by atoms with Crippen molar-refractivity contribution in [3.63, 3.8) is 0 Å². The number of nitrogens with two attached hydrogens (primary N) is 1. The summed E-state index contributed by atoms with van der Waals surface area (Å²) in [7, 11) is 0. The highest BCUT2D eigenvalue weighted by Crippen LogP contribution is 2.44. The van der Waals surface area contributed by atoms with Gasteiger partial charge in [-0.05, 0) is 55.9 Å². The Morgan fingerprint density at radius 2 is 1.40 bits per heavy atom. The molecule has 0 saturated heterocycles. The zero-order valence-electron chi connectivity index (χ0n) is 27.6. The summed E-state index contributed by atoms with van der Waals surface area (Å²) in [5.74, 6) is -4.89. The second-order valence-corrected chi connectivity index (χ2v) is 12.2. The summed E-state index contributed by atoms with van der Waals surface area (Å²) in [6.45, 7) is 5.87. The van der Waals surface area contributed by atoms with E-state index >= 15 is 0 Å². The second-order valence-electron chi connectivity index (χ2n) is 12.2. The summed E-state index contributed by atoms with van der Waals surface area (Å²) < 4.78 is 21.2. The van der Waals surface area contributed by atoms with Crippen LogP contribution in [0.1, 0.15) is 50.7 Å². The largest absolute Gasteiger partial charge is 0.480 e. The van der Waals surface area contributed by atoms with Gasteiger partial charge in [-0.3, -0.25) is 14.4 Å². The number of carbonyl (C=O) groups is 5. The molecule has 2 atom stereocenters. The Bertz CT molecular complexity index is 1360. The molecule has 0 radical (unpaired) electrons. The summed E-state index contributed by atoms with van der Waals surface area (Å²) in [6, 6.07) is 14.2. The minimum absolute atomic E-state index is 0.00471. The van der Waals surface area contributed by atoms with Crippen LogP contribution in [0.2, 0.25) is 0 Å². The van der Waals surface area contributed by atoms with Crippen molar-refractivity contribution in [1.82, 2.24) is 16.0 Å². The molecule has 1 aliphatic carbocycles. The molecule has 0 saturated carbocycles. The van der Waals surface area contributed by atoms with Gasteiger partial charge >= 0.3 is 23.9 Å². The highest BCUT2D eigenvalue weighted by atomic mass is 16.6. The summed E-state index contributed by atoms with van der Waals surface area (Å²) in [5, 5.41) is 16.4. The lowest BCUT2D eigenvalue weighted by atomic mass is 9.97. The molecule has 0 spiro atoms. The van der Waals surface area contributed by atoms with Crippen LogP contribution in [0, 0.1) is 5.92 Å². The number of urea groups is 1. The fourth-order valence-corrected chi connectivity index (χ4v) is 5.04. The van der Waals surface area contributed by atoms with Crippen LogP contribution >= 0.6 is 0 Å². The Morgan fingerprint density at radius 3 is 2.02 bits per heavy atom. The first-order valence-electron chi connectivity index (χ1n) is 15.9. The van der Waals surface area contributed by atoms with Gasteiger partial charge < -0.3 is 45.7 Å². The van der Waals surface area contributed by atoms with Crippen molar-refractivity contribution in [2.24, 2.45) is 11.7 Å². The highest BCUT2D eigenvalue weighted by Gasteiger charge is 2.37. The van der Waals surface area contributed by atoms with Gasteiger partial charge in [-0.25, -0.2) is 9.59 Å². The number of carboxylic acid groups (broad SMARTS) is 1. The molecule has 0 aromatic heterocycles. The van der Waals surface area contributed by atoms with Gasteiger partial charge in [0.25, 0.3) is 0 Å². The van der Waals surface area contributed by atoms with Crippen LogP contribution in [0.5, 0.6) is 0 Å². The molecule has 48 heavy (non-hydrogen) atoms. The Kier molecular flexibility index (Phi) is 14.8. The molecule has 2 aromatic rings. The SMILES string of the molecule is CC(C)(C)OC(=O)[C@@H](CC(N)C(=O)NCCCNC(=O)NCCOCCOCC(=O)O)C(=O)OCC1c2ccccc2-c2ccccc21. The molecule has 6 N–H and O–H groups in total. The number of aliphatic carboxylic acids is 1. The van der Waals surface area contributed by atoms with E-state index in [1.807, 2.05) is 48.5 Å². The van der Waals surface area contributed by atoms with Crippen molar-refractivity contribution >= 4 is 29.8 Å². The highest BCUT2D eigenvalue weighted by molar-refractivity contribution is 5.96. The van der Waals surface area contributed by atoms with Crippen LogP contribution in [-0.2, 0) is 38.1 Å². The van der Waals surface area contributed by atoms with Crippen LogP contribution in [0.4, 0.5) is 4.79 Å². The van der Waals surface area contributed by atoms with Gasteiger partial charge in [0.2, 0.25) is 5.91 Å². The Hall–Kier alpha value is -4.53. The first kappa shape index (κ1) is 37.9. The normalized spacial score (nSPS) is 13.4. The van der Waals surface area contributed by atoms with Crippen molar-refractivity contribution in [2.45, 2.75) is 51.2 Å². The van der Waals surface area contributed by atoms with E-state index in [0.29, 0.717) is 6.42 Å². The minimum atomic E-state index is -1.41. The third-order valence-electron chi connectivity index (χ3n) is 7.22. The van der Waals surface area contributed by atoms with Gasteiger partial charge in [-0.1, -0.05) is 48.5 Å². The number of fused-ring (bicyclic) bond motifs is 3. The topological polar surface area (TPSA) is 205 Å². The van der Waals surface area contributed by atoms with E-state index in [1.165, 1.54) is 0 Å². The number of benzene rings is 2. The molecule has 3 rings (SSSR count). The van der Waals surface area contributed by atoms with Crippen molar-refractivity contribution in [3.8, 4) is 11.1 Å². The van der Waals surface area contributed by atoms with E-state index in [9.17, 15) is 24.0 Å². The first-order chi connectivity index (χ1) is 22.9. The van der Waals surface area contributed by atoms with Crippen LogP contribution in [0.25, 0.3) is 11.1 Å². The maximum absolute atomic E-state index is 13.4. The molecule has 2 aromatic carbocycles. The van der Waals surface area contributed by atoms with Gasteiger partial charge in [0, 0.05) is 25.6 Å². The van der Waals surface area contributed by atoms with Crippen LogP contribution < -0.4 is 21.7 Å². The Labute approximate surface area is 280 Å². The lowest BCUT2D eigenvalue weighted by Gasteiger charge is -2.25. The van der Waals surface area contributed by atoms with Crippen molar-refractivity contribution in [2.75, 3.05) is 52.7 Å². The van der Waals surface area contributed by atoms with Gasteiger partial charge in [0.15, 0.2) is 5.92 Å². The molecule has 14 nitrogen and oxygen atoms in total. The number of carboxylic acids is 1. The van der Waals surface area contributed by atoms with E-state index in [0.717, 1.165) is 22.3 Å². The van der Waals surface area contributed by atoms with E-state index in [2.05, 4.69) is 16.0 Å². The molecule has 14 heteroatoms. The molecule has 1 unspecified atom stereocenters. The van der Waals surface area contributed by atoms with E-state index < -0.39 is 54.0 Å². The fraction of sp³-hybridized carbons (Fsp3) is 0.500. The molecular formula is C34H46N4O10. The van der Waals surface area contributed by atoms with Gasteiger partial charge in [-0.2, -0.15) is 0 Å². The molecule has 0 bridgehead atoms. The van der Waals surface area contributed by atoms with Gasteiger partial charge in [0.05, 0.1) is 25.9 Å². The summed E-state index contributed by atoms with van der Waals surface area (Å²) in [4.78, 5) is 61.5. The quantitative estimate of drug-likeness (QED) is 0.0830. The summed E-state index contributed by atoms with van der Waals surface area (Å²) >= 11 is 0. The number of esters is 2. The molecule has 262 valence electrons. The molecule has 0 heterocycles. The van der Waals surface area contributed by atoms with Gasteiger partial charge in [0.1, 0.15) is 18.8 Å². The summed E-state index contributed by atoms with van der Waals surface area (Å²) in [5.41, 5.74) is 9.43. The standard InChI is InChI=1S/C34H46N4O10/c1-34(2,3)48-32(43)26(31(42)47-20-27-24-11-6-4-9-22(24)23-10-5-7-12-25(23)27)19-28(35)30(41)36-13-8-14-37-33(44)38-15-16-45-17-18-46-21-29(39)40/h4-7,9-12,26-28H,8,13-21,35H2,1-3H3,(H,36,41)(H,39,40)(H2,37,38,44)/t26-,28?/m0/s1. The zero-order chi connectivity index (χ0) is 35.1. The average Bonchev–Trinajstić information content (AvgIpc) is 3.35. The molecule has 0 aliphatic heterocycles. The summed E-state index contributed by atoms with van der Waals surface area (Å²) in [6.07, 6.45) is 0.0804. The Balaban J connectivity index is 1.43. The maximum Gasteiger partial charge on any atom is 0.329 e. The van der Waals surface area contributed by atoms with Gasteiger partial charge in [-0.15, -0.1) is 0 Å². The smallest absolute Gasteiger partial charge is 0.329 e. The molecule has 3 amide bonds. The van der Waals surface area contributed by atoms with Crippen molar-refractivity contribution in [1.29, 1.82) is 0 Å². The number of rotatable bonds is 19. The lowest BCUT2D eigenvalue weighted by molar-refractivity contribution is -0.170. The first-order valence-corrected chi connectivity index (χ1v) is 15.9. The Morgan fingerprint density at radius 1 is 0.812 bits per heavy atom. The van der Waals surface area contributed by atoms with E-state index in [-0.39, 0.29) is 58.4 Å². The number of carbonyl (C=O) groups excluding carboxylic acids is 4. The third-order valence-corrected chi connectivity index (χ3v) is 7.22.